The lowest BCUT2D eigenvalue weighted by molar-refractivity contribution is 0.409. The number of nitrogens with zero attached hydrogens (tertiary/aromatic N) is 3. The van der Waals surface area contributed by atoms with E-state index in [1.165, 1.54) is 29.9 Å². The van der Waals surface area contributed by atoms with Gasteiger partial charge in [-0.3, -0.25) is 0 Å². The van der Waals surface area contributed by atoms with E-state index in [4.69, 9.17) is 4.98 Å². The Bertz CT molecular complexity index is 561. The lowest BCUT2D eigenvalue weighted by Gasteiger charge is -2.09. The fraction of sp³-hybridized carbons (Fsp3) is 0.462. The predicted octanol–water partition coefficient (Wildman–Crippen LogP) is 2.82. The summed E-state index contributed by atoms with van der Waals surface area (Å²) in [4.78, 5) is 7.07. The number of aryl methyl sites for hydroxylation is 1. The van der Waals surface area contributed by atoms with Crippen molar-refractivity contribution in [3.8, 4) is 0 Å². The van der Waals surface area contributed by atoms with E-state index in [-0.39, 0.29) is 0 Å². The van der Waals surface area contributed by atoms with E-state index in [0.717, 1.165) is 11.1 Å². The molecule has 0 aromatic carbocycles. The summed E-state index contributed by atoms with van der Waals surface area (Å²) < 4.78 is 3.20. The van der Waals surface area contributed by atoms with E-state index >= 15 is 0 Å². The highest BCUT2D eigenvalue weighted by Crippen LogP contribution is 2.29. The average Bonchev–Trinajstić information content (AvgIpc) is 2.83. The normalized spacial score (nSPS) is 21.5. The fourth-order valence-electron chi connectivity index (χ4n) is 2.61. The van der Waals surface area contributed by atoms with Gasteiger partial charge in [-0.1, -0.05) is 6.07 Å². The number of aromatic nitrogens is 2. The van der Waals surface area contributed by atoms with E-state index < -0.39 is 0 Å². The topological polar surface area (TPSA) is 20.5 Å². The van der Waals surface area contributed by atoms with Crippen LogP contribution in [0.2, 0.25) is 0 Å². The van der Waals surface area contributed by atoms with Gasteiger partial charge in [-0.2, -0.15) is 0 Å². The van der Waals surface area contributed by atoms with E-state index in [9.17, 15) is 0 Å². The molecule has 1 unspecified atom stereocenters. The van der Waals surface area contributed by atoms with Gasteiger partial charge in [0.25, 0.3) is 0 Å². The quantitative estimate of drug-likeness (QED) is 0.806. The number of hydrogen-bond donors (Lipinski definition) is 0. The minimum absolute atomic E-state index is 0.556. The second-order valence-electron chi connectivity index (χ2n) is 4.97. The summed E-state index contributed by atoms with van der Waals surface area (Å²) in [6.45, 7) is 4.40. The summed E-state index contributed by atoms with van der Waals surface area (Å²) in [7, 11) is 2.18. The Kier molecular flexibility index (Phi) is 2.71. The van der Waals surface area contributed by atoms with Gasteiger partial charge in [0, 0.05) is 18.7 Å². The molecule has 3 rings (SSSR count). The van der Waals surface area contributed by atoms with E-state index in [1.54, 1.807) is 0 Å². The van der Waals surface area contributed by atoms with Crippen molar-refractivity contribution in [1.29, 1.82) is 0 Å². The molecule has 3 nitrogen and oxygen atoms in total. The molecule has 1 saturated heterocycles. The first-order chi connectivity index (χ1) is 8.15. The lowest BCUT2D eigenvalue weighted by atomic mass is 10.1. The van der Waals surface area contributed by atoms with Crippen LogP contribution >= 0.6 is 15.9 Å². The third-order valence-electron chi connectivity index (χ3n) is 3.52. The Morgan fingerprint density at radius 2 is 2.24 bits per heavy atom. The van der Waals surface area contributed by atoms with Gasteiger partial charge >= 0.3 is 0 Å². The summed E-state index contributed by atoms with van der Waals surface area (Å²) in [6.07, 6.45) is 3.39. The van der Waals surface area contributed by atoms with Gasteiger partial charge in [-0.25, -0.2) is 4.98 Å². The summed E-state index contributed by atoms with van der Waals surface area (Å²) in [5.41, 5.74) is 2.44. The minimum Gasteiger partial charge on any atom is -0.306 e. The lowest BCUT2D eigenvalue weighted by Crippen LogP contribution is -2.14. The van der Waals surface area contributed by atoms with Gasteiger partial charge in [0.05, 0.1) is 5.52 Å². The van der Waals surface area contributed by atoms with Gasteiger partial charge in [0.2, 0.25) is 0 Å². The zero-order chi connectivity index (χ0) is 12.0. The maximum Gasteiger partial charge on any atom is 0.132 e. The van der Waals surface area contributed by atoms with Crippen LogP contribution in [0.25, 0.3) is 5.52 Å². The molecule has 1 fully saturated rings. The zero-order valence-corrected chi connectivity index (χ0v) is 11.7. The number of fused-ring (bicyclic) bond motifs is 1. The molecule has 0 radical (unpaired) electrons. The van der Waals surface area contributed by atoms with Crippen LogP contribution in [-0.2, 0) is 0 Å². The van der Waals surface area contributed by atoms with Crippen molar-refractivity contribution in [2.75, 3.05) is 20.1 Å². The number of likely N-dealkylation sites (tertiary alicyclic amines) is 1. The van der Waals surface area contributed by atoms with Gasteiger partial charge in [-0.15, -0.1) is 0 Å². The Morgan fingerprint density at radius 1 is 1.41 bits per heavy atom. The molecule has 0 amide bonds. The molecular formula is C13H16BrN3. The number of rotatable bonds is 1. The zero-order valence-electron chi connectivity index (χ0n) is 10.2. The van der Waals surface area contributed by atoms with Gasteiger partial charge in [0.15, 0.2) is 0 Å². The van der Waals surface area contributed by atoms with Crippen LogP contribution in [0, 0.1) is 6.92 Å². The van der Waals surface area contributed by atoms with Crippen LogP contribution in [0.15, 0.2) is 22.9 Å². The van der Waals surface area contributed by atoms with Crippen molar-refractivity contribution >= 4 is 21.4 Å². The van der Waals surface area contributed by atoms with Gasteiger partial charge < -0.3 is 9.30 Å². The highest BCUT2D eigenvalue weighted by Gasteiger charge is 2.25. The van der Waals surface area contributed by atoms with Crippen LogP contribution in [0.4, 0.5) is 0 Å². The van der Waals surface area contributed by atoms with Crippen molar-refractivity contribution in [2.24, 2.45) is 0 Å². The molecule has 1 atom stereocenters. The smallest absolute Gasteiger partial charge is 0.132 e. The first-order valence-electron chi connectivity index (χ1n) is 5.98. The van der Waals surface area contributed by atoms with Crippen molar-refractivity contribution in [3.05, 3.63) is 34.3 Å². The average molecular weight is 294 g/mol. The molecule has 0 bridgehead atoms. The van der Waals surface area contributed by atoms with Crippen LogP contribution in [0.1, 0.15) is 23.7 Å². The maximum absolute atomic E-state index is 4.70. The molecule has 4 heteroatoms. The molecule has 90 valence electrons. The largest absolute Gasteiger partial charge is 0.306 e. The highest BCUT2D eigenvalue weighted by atomic mass is 79.9. The van der Waals surface area contributed by atoms with Crippen molar-refractivity contribution in [3.63, 3.8) is 0 Å². The minimum atomic E-state index is 0.556. The van der Waals surface area contributed by atoms with Crippen molar-refractivity contribution in [2.45, 2.75) is 19.3 Å². The molecule has 3 heterocycles. The Labute approximate surface area is 110 Å². The van der Waals surface area contributed by atoms with Gasteiger partial charge in [-0.05, 0) is 54.5 Å². The summed E-state index contributed by atoms with van der Waals surface area (Å²) >= 11 is 3.56. The van der Waals surface area contributed by atoms with Crippen LogP contribution in [-0.4, -0.2) is 34.4 Å². The summed E-state index contributed by atoms with van der Waals surface area (Å²) in [5, 5.41) is 0. The maximum atomic E-state index is 4.70. The fourth-order valence-corrected chi connectivity index (χ4v) is 3.11. The SMILES string of the molecule is Cc1ccc2c(Br)nc(C3CCN(C)C3)n2c1. The second-order valence-corrected chi connectivity index (χ2v) is 5.72. The Balaban J connectivity index is 2.13. The van der Waals surface area contributed by atoms with E-state index in [0.29, 0.717) is 5.92 Å². The Morgan fingerprint density at radius 3 is 2.94 bits per heavy atom. The third-order valence-corrected chi connectivity index (χ3v) is 4.11. The van der Waals surface area contributed by atoms with Crippen molar-refractivity contribution in [1.82, 2.24) is 14.3 Å². The number of pyridine rings is 1. The van der Waals surface area contributed by atoms with Crippen LogP contribution in [0.3, 0.4) is 0 Å². The molecular weight excluding hydrogens is 278 g/mol. The second kappa shape index (κ2) is 4.10. The number of halogens is 1. The molecule has 1 aliphatic heterocycles. The molecule has 1 aliphatic rings. The van der Waals surface area contributed by atoms with E-state index in [1.807, 2.05) is 0 Å². The molecule has 0 aliphatic carbocycles. The van der Waals surface area contributed by atoms with Crippen LogP contribution < -0.4 is 0 Å². The van der Waals surface area contributed by atoms with Crippen molar-refractivity contribution < 1.29 is 0 Å². The summed E-state index contributed by atoms with van der Waals surface area (Å²) in [6, 6.07) is 4.26. The standard InChI is InChI=1S/C13H16BrN3/c1-9-3-4-11-12(14)15-13(17(11)7-9)10-5-6-16(2)8-10/h3-4,7,10H,5-6,8H2,1-2H3. The predicted molar refractivity (Wildman–Crippen MR) is 72.5 cm³/mol. The first kappa shape index (κ1) is 11.2. The first-order valence-corrected chi connectivity index (χ1v) is 6.77. The molecule has 2 aromatic rings. The molecule has 2 aromatic heterocycles. The monoisotopic (exact) mass is 293 g/mol. The summed E-state index contributed by atoms with van der Waals surface area (Å²) in [5.74, 6) is 1.75. The van der Waals surface area contributed by atoms with E-state index in [2.05, 4.69) is 57.5 Å². The third kappa shape index (κ3) is 1.89. The number of likely N-dealkylation sites (N-methyl/N-ethyl adjacent to an activating group) is 1. The Hall–Kier alpha value is -0.870. The number of imidazole rings is 1. The molecule has 0 N–H and O–H groups in total. The van der Waals surface area contributed by atoms with Crippen LogP contribution in [0.5, 0.6) is 0 Å². The molecule has 0 spiro atoms. The molecule has 0 saturated carbocycles. The van der Waals surface area contributed by atoms with Gasteiger partial charge in [0.1, 0.15) is 10.4 Å². The number of hydrogen-bond acceptors (Lipinski definition) is 2. The highest BCUT2D eigenvalue weighted by molar-refractivity contribution is 9.10. The molecule has 17 heavy (non-hydrogen) atoms.